The number of allylic oxidation sites excluding steroid dienone is 1. The number of carbonyl (C=O) groups is 1. The van der Waals surface area contributed by atoms with Crippen LogP contribution >= 0.6 is 11.3 Å². The summed E-state index contributed by atoms with van der Waals surface area (Å²) in [7, 11) is -3.01. The molecular formula is C27H29N5O4S2. The maximum atomic E-state index is 12.8. The van der Waals surface area contributed by atoms with Crippen molar-refractivity contribution < 1.29 is 18.3 Å². The summed E-state index contributed by atoms with van der Waals surface area (Å²) in [6, 6.07) is 8.90. The lowest BCUT2D eigenvalue weighted by Gasteiger charge is -2.17. The molecule has 0 aliphatic carbocycles. The Morgan fingerprint density at radius 1 is 1.18 bits per heavy atom. The first-order valence-electron chi connectivity index (χ1n) is 12.3. The van der Waals surface area contributed by atoms with Gasteiger partial charge in [-0.25, -0.2) is 23.4 Å². The molecule has 5 rings (SSSR count). The number of amides is 1. The van der Waals surface area contributed by atoms with Crippen molar-refractivity contribution in [3.05, 3.63) is 70.1 Å². The van der Waals surface area contributed by atoms with Gasteiger partial charge in [0.05, 0.1) is 41.1 Å². The second-order valence-electron chi connectivity index (χ2n) is 10.4. The third-order valence-corrected chi connectivity index (χ3v) is 9.41. The Balaban J connectivity index is 1.36. The van der Waals surface area contributed by atoms with Crippen LogP contribution in [-0.4, -0.2) is 57.5 Å². The summed E-state index contributed by atoms with van der Waals surface area (Å²) in [6.07, 6.45) is 5.28. The van der Waals surface area contributed by atoms with E-state index in [1.807, 2.05) is 51.1 Å². The third-order valence-electron chi connectivity index (χ3n) is 6.48. The molecule has 0 saturated heterocycles. The van der Waals surface area contributed by atoms with Gasteiger partial charge in [-0.2, -0.15) is 0 Å². The third kappa shape index (κ3) is 5.40. The molecular weight excluding hydrogens is 522 g/mol. The Labute approximate surface area is 225 Å². The lowest BCUT2D eigenvalue weighted by Crippen LogP contribution is -2.30. The molecule has 3 N–H and O–H groups in total. The molecule has 1 unspecified atom stereocenters. The Kier molecular flexibility index (Phi) is 6.93. The molecule has 0 bridgehead atoms. The van der Waals surface area contributed by atoms with Crippen LogP contribution in [0.3, 0.4) is 0 Å². The molecule has 1 atom stereocenters. The standard InChI is InChI=1S/C27H29N5O4S2/c1-27(2,3)26-28-13-22(37-26)25(34)32-21(14-33)16-4-6-18(7-5-16)23-19-12-20(31-24(19)30-15-29-23)17-8-10-38(35,36)11-9-17/h4-8,12-13,15,21,33H,9-11,14H2,1-3H3,(H,32,34)(H,29,30,31). The number of hydrogen-bond donors (Lipinski definition) is 3. The van der Waals surface area contributed by atoms with Gasteiger partial charge in [0.1, 0.15) is 16.9 Å². The van der Waals surface area contributed by atoms with Crippen molar-refractivity contribution in [1.29, 1.82) is 0 Å². The van der Waals surface area contributed by atoms with E-state index in [0.717, 1.165) is 38.5 Å². The van der Waals surface area contributed by atoms with Gasteiger partial charge in [-0.3, -0.25) is 4.79 Å². The number of fused-ring (bicyclic) bond motifs is 1. The van der Waals surface area contributed by atoms with Crippen LogP contribution in [0.25, 0.3) is 27.9 Å². The molecule has 1 aromatic carbocycles. The number of aliphatic hydroxyl groups is 1. The normalized spacial score (nSPS) is 16.3. The highest BCUT2D eigenvalue weighted by molar-refractivity contribution is 7.91. The molecule has 11 heteroatoms. The summed E-state index contributed by atoms with van der Waals surface area (Å²) in [6.45, 7) is 5.89. The van der Waals surface area contributed by atoms with E-state index in [9.17, 15) is 18.3 Å². The van der Waals surface area contributed by atoms with Crippen LogP contribution in [-0.2, 0) is 15.3 Å². The van der Waals surface area contributed by atoms with E-state index < -0.39 is 15.9 Å². The summed E-state index contributed by atoms with van der Waals surface area (Å²) in [5.74, 6) is -0.0956. The van der Waals surface area contributed by atoms with Gasteiger partial charge in [0, 0.05) is 22.1 Å². The van der Waals surface area contributed by atoms with Gasteiger partial charge in [-0.15, -0.1) is 11.3 Å². The van der Waals surface area contributed by atoms with E-state index in [2.05, 4.69) is 25.3 Å². The molecule has 0 spiro atoms. The maximum Gasteiger partial charge on any atom is 0.263 e. The van der Waals surface area contributed by atoms with Crippen molar-refractivity contribution >= 4 is 43.7 Å². The number of hydrogen-bond acceptors (Lipinski definition) is 8. The van der Waals surface area contributed by atoms with Crippen molar-refractivity contribution in [1.82, 2.24) is 25.3 Å². The van der Waals surface area contributed by atoms with Crippen molar-refractivity contribution in [3.63, 3.8) is 0 Å². The van der Waals surface area contributed by atoms with E-state index in [1.165, 1.54) is 17.7 Å². The average Bonchev–Trinajstić information content (AvgIpc) is 3.55. The number of aromatic amines is 1. The monoisotopic (exact) mass is 551 g/mol. The number of nitrogens with zero attached hydrogens (tertiary/aromatic N) is 3. The number of sulfone groups is 1. The molecule has 198 valence electrons. The predicted octanol–water partition coefficient (Wildman–Crippen LogP) is 4.04. The Hall–Kier alpha value is -3.41. The molecule has 0 radical (unpaired) electrons. The Morgan fingerprint density at radius 3 is 2.58 bits per heavy atom. The largest absolute Gasteiger partial charge is 0.394 e. The summed E-state index contributed by atoms with van der Waals surface area (Å²) >= 11 is 1.35. The molecule has 9 nitrogen and oxygen atoms in total. The molecule has 0 fully saturated rings. The Morgan fingerprint density at radius 2 is 1.95 bits per heavy atom. The van der Waals surface area contributed by atoms with E-state index in [4.69, 9.17) is 0 Å². The molecule has 38 heavy (non-hydrogen) atoms. The zero-order valence-corrected chi connectivity index (χ0v) is 23.0. The number of aliphatic hydroxyl groups excluding tert-OH is 1. The lowest BCUT2D eigenvalue weighted by atomic mass is 9.98. The van der Waals surface area contributed by atoms with E-state index in [-0.39, 0.29) is 29.4 Å². The minimum Gasteiger partial charge on any atom is -0.394 e. The fourth-order valence-electron chi connectivity index (χ4n) is 4.33. The highest BCUT2D eigenvalue weighted by Gasteiger charge is 2.23. The predicted molar refractivity (Wildman–Crippen MR) is 149 cm³/mol. The van der Waals surface area contributed by atoms with Crippen LogP contribution in [0.1, 0.15) is 59.2 Å². The van der Waals surface area contributed by atoms with Crippen molar-refractivity contribution in [2.45, 2.75) is 38.6 Å². The van der Waals surface area contributed by atoms with Crippen molar-refractivity contribution in [2.75, 3.05) is 18.1 Å². The van der Waals surface area contributed by atoms with Crippen LogP contribution in [0.5, 0.6) is 0 Å². The number of nitrogens with one attached hydrogen (secondary N) is 2. The second-order valence-corrected chi connectivity index (χ2v) is 13.6. The summed E-state index contributed by atoms with van der Waals surface area (Å²) < 4.78 is 23.6. The smallest absolute Gasteiger partial charge is 0.263 e. The van der Waals surface area contributed by atoms with Crippen LogP contribution < -0.4 is 5.32 Å². The maximum absolute atomic E-state index is 12.8. The van der Waals surface area contributed by atoms with Gasteiger partial charge in [0.2, 0.25) is 0 Å². The van der Waals surface area contributed by atoms with Crippen molar-refractivity contribution in [3.8, 4) is 11.3 Å². The van der Waals surface area contributed by atoms with Gasteiger partial charge in [-0.05, 0) is 23.6 Å². The van der Waals surface area contributed by atoms with E-state index in [0.29, 0.717) is 16.9 Å². The lowest BCUT2D eigenvalue weighted by molar-refractivity contribution is 0.0920. The highest BCUT2D eigenvalue weighted by atomic mass is 32.2. The number of H-pyrrole nitrogens is 1. The minimum atomic E-state index is -3.01. The van der Waals surface area contributed by atoms with Crippen LogP contribution in [0, 0.1) is 0 Å². The molecule has 1 aliphatic rings. The SMILES string of the molecule is CC(C)(C)c1ncc(C(=O)NC(CO)c2ccc(-c3ncnc4[nH]c(C5=CCS(=O)(=O)CC5)cc34)cc2)s1. The number of benzene rings is 1. The quantitative estimate of drug-likeness (QED) is 0.329. The summed E-state index contributed by atoms with van der Waals surface area (Å²) in [5, 5.41) is 14.6. The number of aromatic nitrogens is 4. The van der Waals surface area contributed by atoms with E-state index >= 15 is 0 Å². The fraction of sp³-hybridized carbons (Fsp3) is 0.333. The number of carbonyl (C=O) groups excluding carboxylic acids is 1. The minimum absolute atomic E-state index is 0.0427. The fourth-order valence-corrected chi connectivity index (χ4v) is 6.36. The van der Waals surface area contributed by atoms with Gasteiger partial charge in [0.25, 0.3) is 5.91 Å². The molecule has 0 saturated carbocycles. The van der Waals surface area contributed by atoms with E-state index in [1.54, 1.807) is 12.3 Å². The van der Waals surface area contributed by atoms with Crippen LogP contribution in [0.4, 0.5) is 0 Å². The second kappa shape index (κ2) is 10.0. The van der Waals surface area contributed by atoms with Gasteiger partial charge < -0.3 is 15.4 Å². The van der Waals surface area contributed by atoms with Crippen LogP contribution in [0.2, 0.25) is 0 Å². The van der Waals surface area contributed by atoms with Gasteiger partial charge in [-0.1, -0.05) is 51.1 Å². The zero-order chi connectivity index (χ0) is 27.1. The average molecular weight is 552 g/mol. The molecule has 1 aliphatic heterocycles. The summed E-state index contributed by atoms with van der Waals surface area (Å²) in [4.78, 5) is 29.8. The molecule has 4 aromatic rings. The summed E-state index contributed by atoms with van der Waals surface area (Å²) in [5.41, 5.74) is 4.67. The Bertz CT molecular complexity index is 1630. The highest BCUT2D eigenvalue weighted by Crippen LogP contribution is 2.31. The van der Waals surface area contributed by atoms with Gasteiger partial charge >= 0.3 is 0 Å². The molecule has 3 aromatic heterocycles. The first kappa shape index (κ1) is 26.2. The first-order chi connectivity index (χ1) is 18.0. The zero-order valence-electron chi connectivity index (χ0n) is 21.4. The van der Waals surface area contributed by atoms with Crippen molar-refractivity contribution in [2.24, 2.45) is 0 Å². The molecule has 1 amide bonds. The number of rotatable bonds is 6. The first-order valence-corrected chi connectivity index (χ1v) is 14.9. The topological polar surface area (TPSA) is 138 Å². The molecule has 4 heterocycles. The van der Waals surface area contributed by atoms with Gasteiger partial charge in [0.15, 0.2) is 9.84 Å². The van der Waals surface area contributed by atoms with Crippen LogP contribution in [0.15, 0.2) is 48.9 Å². The number of thiazole rings is 1.